The summed E-state index contributed by atoms with van der Waals surface area (Å²) in [5.41, 5.74) is 0.386. The van der Waals surface area contributed by atoms with Gasteiger partial charge in [0.25, 0.3) is 0 Å². The molecule has 0 aliphatic carbocycles. The molecular formula is C7H8NNaO5S2. The zero-order valence-corrected chi connectivity index (χ0v) is 12.3. The third kappa shape index (κ3) is 6.71. The molecule has 0 saturated carbocycles. The Labute approximate surface area is 120 Å². The molecule has 0 saturated heterocycles. The number of nitrogens with one attached hydrogen (secondary N) is 1. The molecule has 0 aliphatic heterocycles. The minimum atomic E-state index is -3.31. The minimum Gasteiger partial charge on any atom is -0.691 e. The Morgan fingerprint density at radius 1 is 1.44 bits per heavy atom. The summed E-state index contributed by atoms with van der Waals surface area (Å²) < 4.78 is 28.2. The fraction of sp³-hybridized carbons (Fsp3) is 0.143. The molecule has 1 aromatic rings. The van der Waals surface area contributed by atoms with Gasteiger partial charge < -0.3 is 5.26 Å². The monoisotopic (exact) mass is 273 g/mol. The van der Waals surface area contributed by atoms with Crippen molar-refractivity contribution >= 4 is 27.8 Å². The first-order valence-corrected chi connectivity index (χ1v) is 6.35. The van der Waals surface area contributed by atoms with E-state index in [1.807, 2.05) is 0 Å². The molecule has 1 rings (SSSR count). The Bertz CT molecular complexity index is 425. The molecule has 16 heavy (non-hydrogen) atoms. The summed E-state index contributed by atoms with van der Waals surface area (Å²) >= 11 is 0.691. The molecule has 0 atom stereocenters. The topological polar surface area (TPSA) is 87.7 Å². The second kappa shape index (κ2) is 7.51. The van der Waals surface area contributed by atoms with Crippen molar-refractivity contribution < 1.29 is 52.6 Å². The van der Waals surface area contributed by atoms with Crippen LogP contribution < -0.4 is 39.5 Å². The predicted molar refractivity (Wildman–Crippen MR) is 52.9 cm³/mol. The molecule has 1 aromatic carbocycles. The van der Waals surface area contributed by atoms with Crippen molar-refractivity contribution in [2.75, 3.05) is 11.0 Å². The van der Waals surface area contributed by atoms with Crippen molar-refractivity contribution in [1.29, 1.82) is 0 Å². The van der Waals surface area contributed by atoms with Gasteiger partial charge in [-0.05, 0) is 18.2 Å². The van der Waals surface area contributed by atoms with Crippen molar-refractivity contribution in [3.05, 3.63) is 24.3 Å². The van der Waals surface area contributed by atoms with Gasteiger partial charge in [-0.1, -0.05) is 6.07 Å². The zero-order valence-electron chi connectivity index (χ0n) is 8.67. The van der Waals surface area contributed by atoms with Crippen LogP contribution >= 0.6 is 12.0 Å². The summed E-state index contributed by atoms with van der Waals surface area (Å²) in [4.78, 5) is 0.541. The molecule has 0 fully saturated rings. The molecule has 1 N–H and O–H groups in total. The van der Waals surface area contributed by atoms with Crippen LogP contribution in [0.3, 0.4) is 0 Å². The maximum Gasteiger partial charge on any atom is 1.00 e. The average molecular weight is 273 g/mol. The van der Waals surface area contributed by atoms with E-state index in [1.165, 1.54) is 6.07 Å². The van der Waals surface area contributed by atoms with Gasteiger partial charge in [0.15, 0.2) is 0 Å². The van der Waals surface area contributed by atoms with Crippen LogP contribution in [-0.4, -0.2) is 14.7 Å². The predicted octanol–water partition coefficient (Wildman–Crippen LogP) is -2.71. The van der Waals surface area contributed by atoms with E-state index < -0.39 is 10.0 Å². The number of anilines is 1. The van der Waals surface area contributed by atoms with Gasteiger partial charge in [-0.3, -0.25) is 9.76 Å². The molecule has 0 aliphatic rings. The third-order valence-electron chi connectivity index (χ3n) is 1.30. The Morgan fingerprint density at radius 2 is 2.12 bits per heavy atom. The maximum atomic E-state index is 10.9. The minimum absolute atomic E-state index is 0. The first-order valence-electron chi connectivity index (χ1n) is 3.72. The first kappa shape index (κ1) is 16.2. The van der Waals surface area contributed by atoms with Gasteiger partial charge in [-0.2, -0.15) is 4.33 Å². The molecule has 0 heterocycles. The molecule has 0 unspecified atom stereocenters. The van der Waals surface area contributed by atoms with Crippen LogP contribution in [0.1, 0.15) is 0 Å². The van der Waals surface area contributed by atoms with Crippen LogP contribution in [0.15, 0.2) is 29.2 Å². The van der Waals surface area contributed by atoms with E-state index in [1.54, 1.807) is 18.2 Å². The summed E-state index contributed by atoms with van der Waals surface area (Å²) in [7, 11) is -3.31. The van der Waals surface area contributed by atoms with Crippen LogP contribution in [0.5, 0.6) is 0 Å². The number of hydrogen-bond donors (Lipinski definition) is 1. The number of rotatable bonds is 5. The van der Waals surface area contributed by atoms with Crippen LogP contribution in [0.2, 0.25) is 0 Å². The van der Waals surface area contributed by atoms with E-state index in [9.17, 15) is 13.7 Å². The SMILES string of the molecule is CS(=O)(=O)Nc1cccc(SOO[O-])c1.[Na+]. The largest absolute Gasteiger partial charge is 1.00 e. The maximum absolute atomic E-state index is 10.9. The molecule has 0 bridgehead atoms. The zero-order chi connectivity index (χ0) is 11.3. The quantitative estimate of drug-likeness (QED) is 0.272. The summed E-state index contributed by atoms with van der Waals surface area (Å²) in [6.07, 6.45) is 1.05. The Kier molecular flexibility index (Phi) is 7.61. The Hall–Kier alpha value is 0.200. The van der Waals surface area contributed by atoms with Gasteiger partial charge >= 0.3 is 29.6 Å². The van der Waals surface area contributed by atoms with E-state index >= 15 is 0 Å². The summed E-state index contributed by atoms with van der Waals surface area (Å²) in [6, 6.07) is 6.33. The molecule has 0 aromatic heterocycles. The van der Waals surface area contributed by atoms with Gasteiger partial charge in [-0.15, -0.1) is 0 Å². The number of sulfonamides is 1. The molecule has 0 radical (unpaired) electrons. The normalized spacial score (nSPS) is 10.6. The molecular weight excluding hydrogens is 265 g/mol. The Balaban J connectivity index is 0.00000225. The Morgan fingerprint density at radius 3 is 2.69 bits per heavy atom. The summed E-state index contributed by atoms with van der Waals surface area (Å²) in [6.45, 7) is 0. The van der Waals surface area contributed by atoms with Crippen LogP contribution in [-0.2, 0) is 19.4 Å². The third-order valence-corrected chi connectivity index (χ3v) is 2.47. The van der Waals surface area contributed by atoms with Crippen LogP contribution in [0.25, 0.3) is 0 Å². The van der Waals surface area contributed by atoms with Crippen LogP contribution in [0, 0.1) is 0 Å². The summed E-state index contributed by atoms with van der Waals surface area (Å²) in [5.74, 6) is 0. The molecule has 0 spiro atoms. The van der Waals surface area contributed by atoms with E-state index in [4.69, 9.17) is 0 Å². The van der Waals surface area contributed by atoms with E-state index in [0.717, 1.165) is 6.26 Å². The standard InChI is InChI=1S/C7H9NO5S2.Na/c1-15(10,11)8-6-3-2-4-7(5-6)14-13-12-9;/h2-5,8-9H,1H3;/q;+1/p-1. The van der Waals surface area contributed by atoms with Gasteiger partial charge in [0.05, 0.1) is 18.3 Å². The average Bonchev–Trinajstić information content (AvgIpc) is 2.12. The smallest absolute Gasteiger partial charge is 0.691 e. The van der Waals surface area contributed by atoms with Crippen molar-refractivity contribution in [3.8, 4) is 0 Å². The fourth-order valence-electron chi connectivity index (χ4n) is 0.879. The molecule has 84 valence electrons. The van der Waals surface area contributed by atoms with Gasteiger partial charge in [-0.25, -0.2) is 8.42 Å². The number of benzene rings is 1. The second-order valence-corrected chi connectivity index (χ2v) is 5.14. The number of hydrogen-bond acceptors (Lipinski definition) is 6. The van der Waals surface area contributed by atoms with E-state index in [0.29, 0.717) is 22.6 Å². The second-order valence-electron chi connectivity index (χ2n) is 2.62. The van der Waals surface area contributed by atoms with E-state index in [2.05, 4.69) is 14.1 Å². The van der Waals surface area contributed by atoms with Crippen molar-refractivity contribution in [2.45, 2.75) is 4.90 Å². The van der Waals surface area contributed by atoms with Crippen molar-refractivity contribution in [2.24, 2.45) is 0 Å². The van der Waals surface area contributed by atoms with E-state index in [-0.39, 0.29) is 29.6 Å². The van der Waals surface area contributed by atoms with Crippen molar-refractivity contribution in [3.63, 3.8) is 0 Å². The molecule has 9 heteroatoms. The fourth-order valence-corrected chi connectivity index (χ4v) is 1.85. The summed E-state index contributed by atoms with van der Waals surface area (Å²) in [5, 5.41) is 12.7. The van der Waals surface area contributed by atoms with Gasteiger partial charge in [0, 0.05) is 10.6 Å². The van der Waals surface area contributed by atoms with Gasteiger partial charge in [0.1, 0.15) is 0 Å². The first-order chi connectivity index (χ1) is 7.01. The molecule has 0 amide bonds. The molecule has 6 nitrogen and oxygen atoms in total. The van der Waals surface area contributed by atoms with Crippen LogP contribution in [0.4, 0.5) is 5.69 Å². The van der Waals surface area contributed by atoms with Crippen molar-refractivity contribution in [1.82, 2.24) is 0 Å². The van der Waals surface area contributed by atoms with Gasteiger partial charge in [0.2, 0.25) is 10.0 Å².